The molecule has 4 aromatic rings. The van der Waals surface area contributed by atoms with E-state index < -0.39 is 23.7 Å². The van der Waals surface area contributed by atoms with Crippen molar-refractivity contribution in [3.63, 3.8) is 0 Å². The standard InChI is InChI=1S/C44H54N4O9/c1-28-14-13-17-31(49)16-8-5-7-15-29-22-33(50)40(41(52)39(29)43(53)57-28)32(30-23-34(54-2)42(56-4)35(24-30)55-3)25-38(51)45-27-44(19-10-6-11-20-44)26-37-47-46-36-18-9-12-21-48(36)37/h7,9,12,15,18,21-24,28,32,50,52H,5-6,8,10-11,13-14,16-17,19-20,25-27H2,1-4H3,(H,45,51)/t28-,32?/m0/s1. The van der Waals surface area contributed by atoms with Crippen LogP contribution in [0.2, 0.25) is 0 Å². The summed E-state index contributed by atoms with van der Waals surface area (Å²) in [6, 6.07) is 10.5. The lowest BCUT2D eigenvalue weighted by molar-refractivity contribution is -0.122. The van der Waals surface area contributed by atoms with Crippen LogP contribution in [-0.4, -0.2) is 76.4 Å². The number of phenols is 2. The van der Waals surface area contributed by atoms with E-state index in [1.165, 1.54) is 27.4 Å². The van der Waals surface area contributed by atoms with Crippen LogP contribution in [0.25, 0.3) is 11.7 Å². The molecule has 0 radical (unpaired) electrons. The fourth-order valence-corrected chi connectivity index (χ4v) is 8.32. The van der Waals surface area contributed by atoms with Crippen molar-refractivity contribution < 1.29 is 43.5 Å². The topological polar surface area (TPSA) is 171 Å². The number of amides is 1. The second kappa shape index (κ2) is 18.6. The molecule has 1 unspecified atom stereocenters. The monoisotopic (exact) mass is 782 g/mol. The highest BCUT2D eigenvalue weighted by molar-refractivity contribution is 5.98. The second-order valence-corrected chi connectivity index (χ2v) is 15.3. The Hall–Kier alpha value is -5.59. The first kappa shape index (κ1) is 41.1. The minimum absolute atomic E-state index is 0.0230. The Bertz CT molecular complexity index is 2080. The summed E-state index contributed by atoms with van der Waals surface area (Å²) in [5.74, 6) is -0.956. The van der Waals surface area contributed by atoms with Gasteiger partial charge in [-0.25, -0.2) is 4.79 Å². The van der Waals surface area contributed by atoms with Crippen molar-refractivity contribution in [1.82, 2.24) is 19.9 Å². The van der Waals surface area contributed by atoms with E-state index in [9.17, 15) is 24.6 Å². The summed E-state index contributed by atoms with van der Waals surface area (Å²) >= 11 is 0. The van der Waals surface area contributed by atoms with E-state index in [-0.39, 0.29) is 46.0 Å². The molecule has 2 aromatic heterocycles. The van der Waals surface area contributed by atoms with E-state index in [1.807, 2.05) is 28.8 Å². The Morgan fingerprint density at radius 3 is 2.44 bits per heavy atom. The molecule has 1 aliphatic heterocycles. The third-order valence-electron chi connectivity index (χ3n) is 11.4. The van der Waals surface area contributed by atoms with Crippen molar-refractivity contribution in [1.29, 1.82) is 0 Å². The quantitative estimate of drug-likeness (QED) is 0.129. The number of carbonyl (C=O) groups excluding carboxylic acids is 3. The van der Waals surface area contributed by atoms with Crippen LogP contribution >= 0.6 is 0 Å². The summed E-state index contributed by atoms with van der Waals surface area (Å²) < 4.78 is 24.7. The van der Waals surface area contributed by atoms with Crippen LogP contribution < -0.4 is 19.5 Å². The zero-order chi connectivity index (χ0) is 40.5. The average molecular weight is 783 g/mol. The number of hydrogen-bond donors (Lipinski definition) is 3. The highest BCUT2D eigenvalue weighted by Gasteiger charge is 2.36. The summed E-state index contributed by atoms with van der Waals surface area (Å²) in [6.45, 7) is 2.13. The number of pyridine rings is 1. The molecule has 13 nitrogen and oxygen atoms in total. The second-order valence-electron chi connectivity index (χ2n) is 15.3. The number of ketones is 1. The first-order valence-electron chi connectivity index (χ1n) is 19.9. The van der Waals surface area contributed by atoms with E-state index in [2.05, 4.69) is 15.5 Å². The molecule has 0 spiro atoms. The number of nitrogens with zero attached hydrogens (tertiary/aromatic N) is 3. The summed E-state index contributed by atoms with van der Waals surface area (Å²) in [6.07, 6.45) is 13.3. The Kier molecular flexibility index (Phi) is 13.4. The Morgan fingerprint density at radius 1 is 0.982 bits per heavy atom. The number of rotatable bonds is 11. The van der Waals surface area contributed by atoms with Gasteiger partial charge in [0, 0.05) is 49.9 Å². The van der Waals surface area contributed by atoms with Gasteiger partial charge in [-0.05, 0) is 92.3 Å². The van der Waals surface area contributed by atoms with E-state index in [4.69, 9.17) is 18.9 Å². The van der Waals surface area contributed by atoms with Gasteiger partial charge in [-0.2, -0.15) is 0 Å². The van der Waals surface area contributed by atoms with E-state index >= 15 is 0 Å². The number of aromatic nitrogens is 3. The van der Waals surface area contributed by atoms with Crippen molar-refractivity contribution >= 4 is 29.4 Å². The molecule has 6 rings (SSSR count). The van der Waals surface area contributed by atoms with Crippen LogP contribution in [-0.2, 0) is 20.7 Å². The molecule has 3 heterocycles. The van der Waals surface area contributed by atoms with Crippen molar-refractivity contribution in [3.8, 4) is 28.7 Å². The molecule has 0 saturated heterocycles. The zero-order valence-electron chi connectivity index (χ0n) is 33.3. The van der Waals surface area contributed by atoms with Crippen molar-refractivity contribution in [2.24, 2.45) is 5.41 Å². The minimum Gasteiger partial charge on any atom is -0.507 e. The molecule has 2 aliphatic rings. The lowest BCUT2D eigenvalue weighted by atomic mass is 9.71. The van der Waals surface area contributed by atoms with Crippen molar-refractivity contribution in [2.45, 2.75) is 102 Å². The van der Waals surface area contributed by atoms with Gasteiger partial charge >= 0.3 is 5.97 Å². The Labute approximate surface area is 333 Å². The number of esters is 1. The molecule has 13 heteroatoms. The van der Waals surface area contributed by atoms with Gasteiger partial charge < -0.3 is 34.5 Å². The average Bonchev–Trinajstić information content (AvgIpc) is 3.60. The number of hydrogen-bond acceptors (Lipinski definition) is 11. The van der Waals surface area contributed by atoms with Gasteiger partial charge in [0.1, 0.15) is 28.7 Å². The van der Waals surface area contributed by atoms with Crippen molar-refractivity contribution in [3.05, 3.63) is 76.7 Å². The van der Waals surface area contributed by atoms with E-state index in [0.717, 1.165) is 43.6 Å². The zero-order valence-corrected chi connectivity index (χ0v) is 33.3. The lowest BCUT2D eigenvalue weighted by Gasteiger charge is -2.37. The number of carbonyl (C=O) groups is 3. The maximum Gasteiger partial charge on any atom is 0.342 e. The van der Waals surface area contributed by atoms with Gasteiger partial charge in [-0.1, -0.05) is 37.5 Å². The summed E-state index contributed by atoms with van der Waals surface area (Å²) in [5, 5.41) is 36.0. The van der Waals surface area contributed by atoms with E-state index in [1.54, 1.807) is 31.2 Å². The molecule has 1 aliphatic carbocycles. The maximum absolute atomic E-state index is 14.3. The number of nitrogens with one attached hydrogen (secondary N) is 1. The molecule has 57 heavy (non-hydrogen) atoms. The molecular weight excluding hydrogens is 729 g/mol. The maximum atomic E-state index is 14.3. The summed E-state index contributed by atoms with van der Waals surface area (Å²) in [5.41, 5.74) is 1.08. The smallest absolute Gasteiger partial charge is 0.342 e. The van der Waals surface area contributed by atoms with Crippen molar-refractivity contribution in [2.75, 3.05) is 27.9 Å². The predicted molar refractivity (Wildman–Crippen MR) is 214 cm³/mol. The number of cyclic esters (lactones) is 1. The van der Waals surface area contributed by atoms with Gasteiger partial charge in [0.15, 0.2) is 17.1 Å². The Morgan fingerprint density at radius 2 is 1.72 bits per heavy atom. The number of methoxy groups -OCH3 is 3. The molecule has 1 saturated carbocycles. The minimum atomic E-state index is -0.986. The number of ether oxygens (including phenoxy) is 4. The van der Waals surface area contributed by atoms with Gasteiger partial charge in [0.05, 0.1) is 27.4 Å². The highest BCUT2D eigenvalue weighted by atomic mass is 16.5. The van der Waals surface area contributed by atoms with Gasteiger partial charge in [-0.3, -0.25) is 14.0 Å². The first-order valence-corrected chi connectivity index (χ1v) is 19.9. The van der Waals surface area contributed by atoms with Gasteiger partial charge in [0.2, 0.25) is 11.7 Å². The highest BCUT2D eigenvalue weighted by Crippen LogP contribution is 2.48. The fourth-order valence-electron chi connectivity index (χ4n) is 8.32. The SMILES string of the molecule is COc1cc(C(CC(=O)NCC2(Cc3nnc4ccccn34)CCCCC2)c2c(O)cc3c(c2O)C(=O)O[C@@H](C)CCCC(=O)CCCC=C3)cc(OC)c1OC. The predicted octanol–water partition coefficient (Wildman–Crippen LogP) is 7.48. The number of phenolic OH excluding ortho intramolecular Hbond substituents is 2. The molecule has 3 N–H and O–H groups in total. The van der Waals surface area contributed by atoms with Crippen LogP contribution in [0.1, 0.15) is 123 Å². The van der Waals surface area contributed by atoms with Crippen LogP contribution in [0, 0.1) is 5.41 Å². The van der Waals surface area contributed by atoms with Gasteiger partial charge in [-0.15, -0.1) is 10.2 Å². The summed E-state index contributed by atoms with van der Waals surface area (Å²) in [4.78, 5) is 40.5. The number of aromatic hydroxyl groups is 2. The number of allylic oxidation sites excluding steroid dienone is 1. The van der Waals surface area contributed by atoms with Crippen LogP contribution in [0.5, 0.6) is 28.7 Å². The first-order chi connectivity index (χ1) is 27.6. The normalized spacial score (nSPS) is 18.2. The molecule has 2 atom stereocenters. The third kappa shape index (κ3) is 9.52. The Balaban J connectivity index is 1.38. The lowest BCUT2D eigenvalue weighted by Crippen LogP contribution is -2.41. The summed E-state index contributed by atoms with van der Waals surface area (Å²) in [7, 11) is 4.44. The van der Waals surface area contributed by atoms with Crippen LogP contribution in [0.4, 0.5) is 0 Å². The van der Waals surface area contributed by atoms with Crippen LogP contribution in [0.15, 0.2) is 48.7 Å². The van der Waals surface area contributed by atoms with Gasteiger partial charge in [0.25, 0.3) is 0 Å². The van der Waals surface area contributed by atoms with E-state index in [0.29, 0.717) is 74.3 Å². The molecule has 1 fully saturated rings. The molecule has 0 bridgehead atoms. The largest absolute Gasteiger partial charge is 0.507 e. The molecule has 2 aromatic carbocycles. The molecular formula is C44H54N4O9. The number of Topliss-reactive ketones (excluding diaryl/α,β-unsaturated/α-hetero) is 1. The third-order valence-corrected chi connectivity index (χ3v) is 11.4. The fraction of sp³-hybridized carbons (Fsp3) is 0.477. The molecule has 304 valence electrons. The van der Waals surface area contributed by atoms with Crippen LogP contribution in [0.3, 0.4) is 0 Å². The number of benzene rings is 2. The molecule has 1 amide bonds. The number of fused-ring (bicyclic) bond motifs is 2.